The first-order valence-electron chi connectivity index (χ1n) is 9.30. The van der Waals surface area contributed by atoms with Gasteiger partial charge in [-0.25, -0.2) is 0 Å². The van der Waals surface area contributed by atoms with Crippen LogP contribution in [0.5, 0.6) is 0 Å². The van der Waals surface area contributed by atoms with Crippen LogP contribution in [0, 0.1) is 23.3 Å². The van der Waals surface area contributed by atoms with Gasteiger partial charge in [-0.15, -0.1) is 11.5 Å². The summed E-state index contributed by atoms with van der Waals surface area (Å²) in [5.74, 6) is 5.00. The monoisotopic (exact) mass is 320 g/mol. The first-order chi connectivity index (χ1) is 10.1. The van der Waals surface area contributed by atoms with Crippen LogP contribution >= 0.6 is 0 Å². The molecule has 1 nitrogen and oxygen atoms in total. The molecule has 2 aliphatic rings. The predicted octanol–water partition coefficient (Wildman–Crippen LogP) is 5.80. The summed E-state index contributed by atoms with van der Waals surface area (Å²) in [5.41, 5.74) is 6.15. The molecule has 0 aromatic rings. The second-order valence-electron chi connectivity index (χ2n) is 9.16. The van der Waals surface area contributed by atoms with Crippen molar-refractivity contribution >= 4 is 8.07 Å². The van der Waals surface area contributed by atoms with Crippen LogP contribution in [0.25, 0.3) is 0 Å². The van der Waals surface area contributed by atoms with E-state index in [2.05, 4.69) is 66.9 Å². The van der Waals surface area contributed by atoms with Gasteiger partial charge in [0.25, 0.3) is 0 Å². The lowest BCUT2D eigenvalue weighted by atomic mass is 9.95. The van der Waals surface area contributed by atoms with E-state index < -0.39 is 8.07 Å². The fourth-order valence-electron chi connectivity index (χ4n) is 5.30. The normalized spacial score (nSPS) is 30.8. The third-order valence-corrected chi connectivity index (χ3v) is 12.6. The van der Waals surface area contributed by atoms with Crippen LogP contribution in [-0.2, 0) is 4.74 Å². The highest BCUT2D eigenvalue weighted by Crippen LogP contribution is 2.47. The zero-order chi connectivity index (χ0) is 16.7. The second-order valence-corrected chi connectivity index (χ2v) is 14.7. The van der Waals surface area contributed by atoms with E-state index in [1.165, 1.54) is 19.3 Å². The summed E-state index contributed by atoms with van der Waals surface area (Å²) in [5, 5.41) is 0. The highest BCUT2D eigenvalue weighted by atomic mass is 28.3. The third-order valence-electron chi connectivity index (χ3n) is 6.26. The van der Waals surface area contributed by atoms with Crippen molar-refractivity contribution in [2.75, 3.05) is 0 Å². The molecule has 0 aromatic carbocycles. The molecule has 1 aliphatic heterocycles. The Kier molecular flexibility index (Phi) is 5.20. The molecule has 0 radical (unpaired) electrons. The van der Waals surface area contributed by atoms with Crippen LogP contribution < -0.4 is 0 Å². The van der Waals surface area contributed by atoms with Gasteiger partial charge in [-0.1, -0.05) is 41.5 Å². The zero-order valence-corrected chi connectivity index (χ0v) is 17.0. The minimum atomic E-state index is -1.59. The van der Waals surface area contributed by atoms with E-state index in [4.69, 9.17) is 4.74 Å². The summed E-state index contributed by atoms with van der Waals surface area (Å²) in [6.45, 7) is 18.9. The highest BCUT2D eigenvalue weighted by molar-refractivity contribution is 6.90. The van der Waals surface area contributed by atoms with Crippen molar-refractivity contribution in [3.63, 3.8) is 0 Å². The lowest BCUT2D eigenvalue weighted by Gasteiger charge is -2.38. The molecule has 0 aromatic heterocycles. The molecule has 0 amide bonds. The van der Waals surface area contributed by atoms with E-state index in [9.17, 15) is 0 Å². The maximum absolute atomic E-state index is 6.34. The summed E-state index contributed by atoms with van der Waals surface area (Å²) in [7, 11) is -1.59. The molecule has 1 heterocycles. The van der Waals surface area contributed by atoms with Crippen LogP contribution in [0.4, 0.5) is 0 Å². The van der Waals surface area contributed by atoms with E-state index in [1.54, 1.807) is 0 Å². The first kappa shape index (κ1) is 18.1. The van der Waals surface area contributed by atoms with Crippen LogP contribution in [0.3, 0.4) is 0 Å². The second kappa shape index (κ2) is 6.33. The molecule has 0 spiro atoms. The van der Waals surface area contributed by atoms with Gasteiger partial charge < -0.3 is 4.74 Å². The zero-order valence-electron chi connectivity index (χ0n) is 16.0. The molecular formula is C20H36OSi. The van der Waals surface area contributed by atoms with Crippen LogP contribution in [0.1, 0.15) is 74.7 Å². The lowest BCUT2D eigenvalue weighted by molar-refractivity contribution is -0.0286. The molecule has 0 bridgehead atoms. The Morgan fingerprint density at radius 3 is 2.00 bits per heavy atom. The molecule has 22 heavy (non-hydrogen) atoms. The molecule has 126 valence electrons. The standard InChI is InChI=1S/C20H36OSi/c1-14(2)22(15(3)4,16(5)6)12-11-17-9-10-18-13-20(7,8)21-19(17)18/h14-19H,9-10,13H2,1-8H3/t17-,18+,19+/m1/s1. The van der Waals surface area contributed by atoms with Gasteiger partial charge in [-0.05, 0) is 55.7 Å². The topological polar surface area (TPSA) is 9.23 Å². The minimum Gasteiger partial charge on any atom is -0.371 e. The van der Waals surface area contributed by atoms with Crippen molar-refractivity contribution < 1.29 is 4.74 Å². The van der Waals surface area contributed by atoms with Gasteiger partial charge in [0, 0.05) is 5.92 Å². The van der Waals surface area contributed by atoms with Crippen molar-refractivity contribution in [3.8, 4) is 11.5 Å². The molecule has 2 rings (SSSR count). The number of fused-ring (bicyclic) bond motifs is 1. The quantitative estimate of drug-likeness (QED) is 0.471. The molecule has 0 unspecified atom stereocenters. The average molecular weight is 321 g/mol. The summed E-state index contributed by atoms with van der Waals surface area (Å²) >= 11 is 0. The Morgan fingerprint density at radius 2 is 1.50 bits per heavy atom. The van der Waals surface area contributed by atoms with Crippen molar-refractivity contribution in [1.82, 2.24) is 0 Å². The van der Waals surface area contributed by atoms with Gasteiger partial charge in [0.2, 0.25) is 0 Å². The summed E-state index contributed by atoms with van der Waals surface area (Å²) in [4.78, 5) is 0. The van der Waals surface area contributed by atoms with Crippen molar-refractivity contribution in [2.24, 2.45) is 11.8 Å². The number of ether oxygens (including phenoxy) is 1. The molecule has 2 fully saturated rings. The van der Waals surface area contributed by atoms with E-state index in [0.717, 1.165) is 22.5 Å². The van der Waals surface area contributed by atoms with E-state index in [0.29, 0.717) is 12.0 Å². The van der Waals surface area contributed by atoms with Crippen molar-refractivity contribution in [3.05, 3.63) is 0 Å². The molecule has 3 atom stereocenters. The van der Waals surface area contributed by atoms with Gasteiger partial charge in [0.1, 0.15) is 8.07 Å². The molecule has 1 saturated heterocycles. The number of rotatable bonds is 3. The third kappa shape index (κ3) is 3.17. The molecule has 0 N–H and O–H groups in total. The Bertz CT molecular complexity index is 430. The first-order valence-corrected chi connectivity index (χ1v) is 11.5. The van der Waals surface area contributed by atoms with Gasteiger partial charge in [0.05, 0.1) is 11.7 Å². The summed E-state index contributed by atoms with van der Waals surface area (Å²) in [6.07, 6.45) is 4.18. The molecule has 2 heteroatoms. The highest BCUT2D eigenvalue weighted by Gasteiger charge is 2.48. The van der Waals surface area contributed by atoms with E-state index in [1.807, 2.05) is 0 Å². The summed E-state index contributed by atoms with van der Waals surface area (Å²) in [6, 6.07) is 0. The molecular weight excluding hydrogens is 284 g/mol. The number of hydrogen-bond donors (Lipinski definition) is 0. The van der Waals surface area contributed by atoms with Crippen LogP contribution in [-0.4, -0.2) is 19.8 Å². The Hall–Kier alpha value is -0.263. The average Bonchev–Trinajstić information content (AvgIpc) is 2.84. The van der Waals surface area contributed by atoms with Crippen LogP contribution in [0.15, 0.2) is 0 Å². The fraction of sp³-hybridized carbons (Fsp3) is 0.900. The maximum Gasteiger partial charge on any atom is 0.145 e. The van der Waals surface area contributed by atoms with Gasteiger partial charge in [-0.3, -0.25) is 0 Å². The Balaban J connectivity index is 2.24. The Morgan fingerprint density at radius 1 is 0.955 bits per heavy atom. The minimum absolute atomic E-state index is 0.0678. The summed E-state index contributed by atoms with van der Waals surface area (Å²) < 4.78 is 6.34. The molecule has 1 saturated carbocycles. The lowest BCUT2D eigenvalue weighted by Crippen LogP contribution is -2.43. The van der Waals surface area contributed by atoms with Crippen molar-refractivity contribution in [2.45, 2.75) is 103 Å². The van der Waals surface area contributed by atoms with Gasteiger partial charge in [0.15, 0.2) is 0 Å². The fourth-order valence-corrected chi connectivity index (χ4v) is 10.6. The Labute approximate surface area is 139 Å². The maximum atomic E-state index is 6.34. The smallest absolute Gasteiger partial charge is 0.145 e. The van der Waals surface area contributed by atoms with Crippen molar-refractivity contribution in [1.29, 1.82) is 0 Å². The van der Waals surface area contributed by atoms with Gasteiger partial charge in [-0.2, -0.15) is 0 Å². The van der Waals surface area contributed by atoms with Gasteiger partial charge >= 0.3 is 0 Å². The molecule has 1 aliphatic carbocycles. The largest absolute Gasteiger partial charge is 0.371 e. The van der Waals surface area contributed by atoms with E-state index >= 15 is 0 Å². The SMILES string of the molecule is CC(C)[Si](C#C[C@H]1CC[C@H]2CC(C)(C)O[C@H]21)(C(C)C)C(C)C. The predicted molar refractivity (Wildman–Crippen MR) is 98.6 cm³/mol. The number of hydrogen-bond acceptors (Lipinski definition) is 1. The van der Waals surface area contributed by atoms with Crippen LogP contribution in [0.2, 0.25) is 16.6 Å². The van der Waals surface area contributed by atoms with E-state index in [-0.39, 0.29) is 5.60 Å².